The van der Waals surface area contributed by atoms with Gasteiger partial charge in [-0.05, 0) is 37.3 Å². The predicted octanol–water partition coefficient (Wildman–Crippen LogP) is 3.30. The van der Waals surface area contributed by atoms with Crippen LogP contribution < -0.4 is 10.1 Å². The van der Waals surface area contributed by atoms with Gasteiger partial charge in [0.2, 0.25) is 27.7 Å². The fourth-order valence-corrected chi connectivity index (χ4v) is 5.09. The topological polar surface area (TPSA) is 113 Å². The highest BCUT2D eigenvalue weighted by molar-refractivity contribution is 7.89. The third kappa shape index (κ3) is 5.81. The normalized spacial score (nSPS) is 14.1. The lowest BCUT2D eigenvalue weighted by Gasteiger charge is -2.20. The molecule has 10 heteroatoms. The number of rotatable bonds is 10. The summed E-state index contributed by atoms with van der Waals surface area (Å²) in [5.74, 6) is -0.279. The van der Waals surface area contributed by atoms with Crippen LogP contribution in [0.25, 0.3) is 0 Å². The summed E-state index contributed by atoms with van der Waals surface area (Å²) in [5.41, 5.74) is 1.23. The molecule has 9 nitrogen and oxygen atoms in total. The van der Waals surface area contributed by atoms with Gasteiger partial charge in [0.15, 0.2) is 5.75 Å². The Morgan fingerprint density at radius 3 is 2.24 bits per heavy atom. The van der Waals surface area contributed by atoms with Crippen molar-refractivity contribution in [3.8, 4) is 11.5 Å². The van der Waals surface area contributed by atoms with Crippen LogP contribution in [0.4, 0.5) is 5.69 Å². The average Bonchev–Trinajstić information content (AvgIpc) is 3.12. The molecule has 0 radical (unpaired) electrons. The molecule has 0 atom stereocenters. The van der Waals surface area contributed by atoms with E-state index in [0.717, 1.165) is 10.5 Å². The first-order valence-electron chi connectivity index (χ1n) is 11.2. The fourth-order valence-electron chi connectivity index (χ4n) is 3.60. The molecule has 1 saturated heterocycles. The quantitative estimate of drug-likeness (QED) is 0.515. The largest absolute Gasteiger partial charge is 0.455 e. The van der Waals surface area contributed by atoms with Crippen molar-refractivity contribution in [3.05, 3.63) is 48.0 Å². The van der Waals surface area contributed by atoms with Crippen molar-refractivity contribution < 1.29 is 27.5 Å². The van der Waals surface area contributed by atoms with Gasteiger partial charge in [-0.15, -0.1) is 0 Å². The lowest BCUT2D eigenvalue weighted by Crippen LogP contribution is -2.32. The second-order valence-electron chi connectivity index (χ2n) is 7.90. The van der Waals surface area contributed by atoms with E-state index in [1.807, 2.05) is 19.1 Å². The molecule has 34 heavy (non-hydrogen) atoms. The number of benzene rings is 2. The SMILES string of the molecule is CCN(CC)S(=O)(=O)c1ccc(Oc2ccc(C)cc2)c(NC(=O)CCN2C(=O)CCC2=O)c1. The third-order valence-corrected chi connectivity index (χ3v) is 7.58. The number of carbonyl (C=O) groups excluding carboxylic acids is 3. The first-order chi connectivity index (χ1) is 16.1. The lowest BCUT2D eigenvalue weighted by atomic mass is 10.2. The van der Waals surface area contributed by atoms with E-state index in [-0.39, 0.29) is 54.0 Å². The molecule has 0 aliphatic carbocycles. The minimum atomic E-state index is -3.77. The highest BCUT2D eigenvalue weighted by atomic mass is 32.2. The van der Waals surface area contributed by atoms with Gasteiger partial charge in [-0.1, -0.05) is 31.5 Å². The maximum absolute atomic E-state index is 13.0. The number of sulfonamides is 1. The van der Waals surface area contributed by atoms with E-state index >= 15 is 0 Å². The molecule has 0 saturated carbocycles. The van der Waals surface area contributed by atoms with Crippen LogP contribution in [0, 0.1) is 6.92 Å². The van der Waals surface area contributed by atoms with Crippen LogP contribution >= 0.6 is 0 Å². The number of amides is 3. The summed E-state index contributed by atoms with van der Waals surface area (Å²) in [6.45, 7) is 6.02. The molecule has 1 N–H and O–H groups in total. The van der Waals surface area contributed by atoms with E-state index in [1.165, 1.54) is 22.5 Å². The first kappa shape index (κ1) is 25.4. The van der Waals surface area contributed by atoms with Gasteiger partial charge in [0.05, 0.1) is 10.6 Å². The van der Waals surface area contributed by atoms with Crippen molar-refractivity contribution in [2.24, 2.45) is 0 Å². The molecule has 2 aromatic rings. The van der Waals surface area contributed by atoms with Gasteiger partial charge in [-0.25, -0.2) is 8.42 Å². The third-order valence-electron chi connectivity index (χ3n) is 5.53. The van der Waals surface area contributed by atoms with Crippen LogP contribution in [0.5, 0.6) is 11.5 Å². The van der Waals surface area contributed by atoms with Crippen LogP contribution in [0.2, 0.25) is 0 Å². The Kier molecular flexibility index (Phi) is 8.06. The van der Waals surface area contributed by atoms with E-state index in [2.05, 4.69) is 5.32 Å². The Balaban J connectivity index is 1.87. The number of hydrogen-bond donors (Lipinski definition) is 1. The Bertz CT molecular complexity index is 1160. The smallest absolute Gasteiger partial charge is 0.243 e. The van der Waals surface area contributed by atoms with E-state index in [0.29, 0.717) is 18.8 Å². The molecule has 1 aliphatic heterocycles. The van der Waals surface area contributed by atoms with Crippen LogP contribution in [-0.4, -0.2) is 55.0 Å². The summed E-state index contributed by atoms with van der Waals surface area (Å²) in [4.78, 5) is 37.3. The van der Waals surface area contributed by atoms with Crippen LogP contribution in [-0.2, 0) is 24.4 Å². The van der Waals surface area contributed by atoms with Crippen molar-refractivity contribution in [1.29, 1.82) is 0 Å². The van der Waals surface area contributed by atoms with E-state index in [1.54, 1.807) is 26.0 Å². The van der Waals surface area contributed by atoms with Crippen LogP contribution in [0.15, 0.2) is 47.4 Å². The molecule has 0 aromatic heterocycles. The second kappa shape index (κ2) is 10.8. The zero-order chi connectivity index (χ0) is 24.9. The Hall–Kier alpha value is -3.24. The summed E-state index contributed by atoms with van der Waals surface area (Å²) < 4.78 is 33.2. The van der Waals surface area contributed by atoms with E-state index in [9.17, 15) is 22.8 Å². The number of likely N-dealkylation sites (tertiary alicyclic amines) is 1. The van der Waals surface area contributed by atoms with Crippen molar-refractivity contribution in [2.75, 3.05) is 25.0 Å². The molecular formula is C24H29N3O6S. The number of nitrogens with one attached hydrogen (secondary N) is 1. The van der Waals surface area contributed by atoms with E-state index in [4.69, 9.17) is 4.74 Å². The standard InChI is InChI=1S/C24H29N3O6S/c1-4-26(5-2)34(31,32)19-10-11-21(33-18-8-6-17(3)7-9-18)20(16-19)25-22(28)14-15-27-23(29)12-13-24(27)30/h6-11,16H,4-5,12-15H2,1-3H3,(H,25,28). The molecule has 0 spiro atoms. The zero-order valence-corrected chi connectivity index (χ0v) is 20.4. The van der Waals surface area contributed by atoms with Gasteiger partial charge in [0.25, 0.3) is 0 Å². The molecule has 1 aliphatic rings. The van der Waals surface area contributed by atoms with Gasteiger partial charge >= 0.3 is 0 Å². The number of anilines is 1. The Morgan fingerprint density at radius 2 is 1.65 bits per heavy atom. The summed E-state index contributed by atoms with van der Waals surface area (Å²) in [6, 6.07) is 11.6. The number of aryl methyl sites for hydroxylation is 1. The van der Waals surface area contributed by atoms with Crippen LogP contribution in [0.3, 0.4) is 0 Å². The molecule has 182 valence electrons. The van der Waals surface area contributed by atoms with Crippen LogP contribution in [0.1, 0.15) is 38.7 Å². The summed E-state index contributed by atoms with van der Waals surface area (Å²) in [6.07, 6.45) is 0.189. The Morgan fingerprint density at radius 1 is 1.03 bits per heavy atom. The molecule has 3 amide bonds. The molecule has 0 bridgehead atoms. The maximum atomic E-state index is 13.0. The molecule has 2 aromatic carbocycles. The van der Waals surface area contributed by atoms with Crippen molar-refractivity contribution >= 4 is 33.4 Å². The van der Waals surface area contributed by atoms with Gasteiger partial charge in [-0.3, -0.25) is 19.3 Å². The minimum absolute atomic E-state index is 0.0210. The average molecular weight is 488 g/mol. The molecule has 0 unspecified atom stereocenters. The van der Waals surface area contributed by atoms with Crippen molar-refractivity contribution in [1.82, 2.24) is 9.21 Å². The minimum Gasteiger partial charge on any atom is -0.455 e. The van der Waals surface area contributed by atoms with Gasteiger partial charge in [0.1, 0.15) is 5.75 Å². The maximum Gasteiger partial charge on any atom is 0.243 e. The van der Waals surface area contributed by atoms with E-state index < -0.39 is 15.9 Å². The summed E-state index contributed by atoms with van der Waals surface area (Å²) >= 11 is 0. The van der Waals surface area contributed by atoms with Crippen molar-refractivity contribution in [3.63, 3.8) is 0 Å². The zero-order valence-electron chi connectivity index (χ0n) is 19.5. The first-order valence-corrected chi connectivity index (χ1v) is 12.6. The Labute approximate surface area is 199 Å². The number of ether oxygens (including phenoxy) is 1. The lowest BCUT2D eigenvalue weighted by molar-refractivity contribution is -0.138. The van der Waals surface area contributed by atoms with Crippen molar-refractivity contribution in [2.45, 2.75) is 44.9 Å². The monoisotopic (exact) mass is 487 g/mol. The predicted molar refractivity (Wildman–Crippen MR) is 127 cm³/mol. The number of carbonyl (C=O) groups is 3. The fraction of sp³-hybridized carbons (Fsp3) is 0.375. The molecule has 3 rings (SSSR count). The highest BCUT2D eigenvalue weighted by Crippen LogP contribution is 2.33. The second-order valence-corrected chi connectivity index (χ2v) is 9.84. The number of imide groups is 1. The summed E-state index contributed by atoms with van der Waals surface area (Å²) in [5, 5.41) is 2.69. The van der Waals surface area contributed by atoms with Gasteiger partial charge in [-0.2, -0.15) is 4.31 Å². The molecule has 1 fully saturated rings. The number of nitrogens with zero attached hydrogens (tertiary/aromatic N) is 2. The van der Waals surface area contributed by atoms with Gasteiger partial charge < -0.3 is 10.1 Å². The van der Waals surface area contributed by atoms with Gasteiger partial charge in [0, 0.05) is 38.9 Å². The molecular weight excluding hydrogens is 458 g/mol. The highest BCUT2D eigenvalue weighted by Gasteiger charge is 2.29. The number of hydrogen-bond acceptors (Lipinski definition) is 6. The summed E-state index contributed by atoms with van der Waals surface area (Å²) in [7, 11) is -3.77. The molecule has 1 heterocycles.